The van der Waals surface area contributed by atoms with Gasteiger partial charge in [0.2, 0.25) is 0 Å². The number of urea groups is 1. The van der Waals surface area contributed by atoms with Gasteiger partial charge >= 0.3 is 6.03 Å². The van der Waals surface area contributed by atoms with Gasteiger partial charge < -0.3 is 19.9 Å². The summed E-state index contributed by atoms with van der Waals surface area (Å²) >= 11 is 0. The predicted octanol–water partition coefficient (Wildman–Crippen LogP) is 3.89. The number of halogens is 1. The van der Waals surface area contributed by atoms with Gasteiger partial charge in [-0.25, -0.2) is 14.2 Å². The summed E-state index contributed by atoms with van der Waals surface area (Å²) in [5, 5.41) is 2.88. The number of anilines is 2. The van der Waals surface area contributed by atoms with E-state index >= 15 is 0 Å². The SMILES string of the molecule is CCN(Cc1ccc(F)cc1)C(=O)Nc1ccc(N2CC(C)OC(C)C2)nc1. The Kier molecular flexibility index (Phi) is 6.46. The quantitative estimate of drug-likeness (QED) is 0.847. The molecule has 1 aromatic carbocycles. The average Bonchev–Trinajstić information content (AvgIpc) is 2.67. The molecule has 0 aliphatic carbocycles. The third kappa shape index (κ3) is 5.19. The van der Waals surface area contributed by atoms with E-state index in [1.54, 1.807) is 23.2 Å². The Morgan fingerprint density at radius 1 is 1.21 bits per heavy atom. The number of hydrogen-bond donors (Lipinski definition) is 1. The molecule has 2 unspecified atom stereocenters. The van der Waals surface area contributed by atoms with Gasteiger partial charge in [-0.3, -0.25) is 0 Å². The number of benzene rings is 1. The minimum atomic E-state index is -0.286. The van der Waals surface area contributed by atoms with Crippen LogP contribution in [0.3, 0.4) is 0 Å². The number of hydrogen-bond acceptors (Lipinski definition) is 4. The third-order valence-electron chi connectivity index (χ3n) is 4.70. The van der Waals surface area contributed by atoms with Crippen LogP contribution in [0.4, 0.5) is 20.7 Å². The number of rotatable bonds is 5. The molecule has 1 aliphatic heterocycles. The normalized spacial score (nSPS) is 19.4. The lowest BCUT2D eigenvalue weighted by Gasteiger charge is -2.36. The average molecular weight is 386 g/mol. The Hall–Kier alpha value is -2.67. The maximum absolute atomic E-state index is 13.1. The number of carbonyl (C=O) groups excluding carboxylic acids is 1. The topological polar surface area (TPSA) is 57.7 Å². The van der Waals surface area contributed by atoms with E-state index in [4.69, 9.17) is 4.74 Å². The van der Waals surface area contributed by atoms with Gasteiger partial charge in [0.05, 0.1) is 24.1 Å². The second kappa shape index (κ2) is 9.01. The van der Waals surface area contributed by atoms with Crippen molar-refractivity contribution in [2.75, 3.05) is 29.9 Å². The minimum Gasteiger partial charge on any atom is -0.372 e. The molecule has 2 heterocycles. The second-order valence-electron chi connectivity index (χ2n) is 7.14. The molecule has 6 nitrogen and oxygen atoms in total. The molecule has 1 N–H and O–H groups in total. The van der Waals surface area contributed by atoms with Crippen molar-refractivity contribution in [3.63, 3.8) is 0 Å². The van der Waals surface area contributed by atoms with E-state index in [-0.39, 0.29) is 24.1 Å². The van der Waals surface area contributed by atoms with Crippen LogP contribution in [0, 0.1) is 5.82 Å². The number of aromatic nitrogens is 1. The van der Waals surface area contributed by atoms with Gasteiger partial charge in [0, 0.05) is 26.2 Å². The highest BCUT2D eigenvalue weighted by molar-refractivity contribution is 5.89. The van der Waals surface area contributed by atoms with Crippen molar-refractivity contribution >= 4 is 17.5 Å². The molecule has 2 atom stereocenters. The molecule has 0 saturated carbocycles. The second-order valence-corrected chi connectivity index (χ2v) is 7.14. The smallest absolute Gasteiger partial charge is 0.322 e. The zero-order valence-corrected chi connectivity index (χ0v) is 16.6. The molecule has 7 heteroatoms. The zero-order valence-electron chi connectivity index (χ0n) is 16.6. The molecule has 150 valence electrons. The van der Waals surface area contributed by atoms with Crippen molar-refractivity contribution in [2.24, 2.45) is 0 Å². The van der Waals surface area contributed by atoms with Crippen LogP contribution in [0.2, 0.25) is 0 Å². The largest absolute Gasteiger partial charge is 0.372 e. The van der Waals surface area contributed by atoms with Crippen LogP contribution in [0.5, 0.6) is 0 Å². The Morgan fingerprint density at radius 2 is 1.89 bits per heavy atom. The first kappa shape index (κ1) is 20.1. The summed E-state index contributed by atoms with van der Waals surface area (Å²) in [5.74, 6) is 0.588. The Bertz CT molecular complexity index is 772. The predicted molar refractivity (Wildman–Crippen MR) is 108 cm³/mol. The first-order valence-electron chi connectivity index (χ1n) is 9.61. The van der Waals surface area contributed by atoms with Crippen LogP contribution in [0.15, 0.2) is 42.6 Å². The summed E-state index contributed by atoms with van der Waals surface area (Å²) in [6.45, 7) is 8.56. The molecular formula is C21H27FN4O2. The number of ether oxygens (including phenoxy) is 1. The molecule has 28 heavy (non-hydrogen) atoms. The van der Waals surface area contributed by atoms with Gasteiger partial charge in [-0.2, -0.15) is 0 Å². The highest BCUT2D eigenvalue weighted by Gasteiger charge is 2.23. The van der Waals surface area contributed by atoms with E-state index in [0.717, 1.165) is 24.5 Å². The number of nitrogens with zero attached hydrogens (tertiary/aromatic N) is 3. The van der Waals surface area contributed by atoms with Gasteiger partial charge in [0.1, 0.15) is 11.6 Å². The molecule has 1 saturated heterocycles. The van der Waals surface area contributed by atoms with Gasteiger partial charge in [-0.1, -0.05) is 12.1 Å². The Labute approximate surface area is 165 Å². The van der Waals surface area contributed by atoms with Crippen molar-refractivity contribution in [2.45, 2.75) is 39.5 Å². The van der Waals surface area contributed by atoms with Crippen LogP contribution >= 0.6 is 0 Å². The van der Waals surface area contributed by atoms with Crippen molar-refractivity contribution in [1.82, 2.24) is 9.88 Å². The lowest BCUT2D eigenvalue weighted by molar-refractivity contribution is -0.00545. The fourth-order valence-corrected chi connectivity index (χ4v) is 3.35. The summed E-state index contributed by atoms with van der Waals surface area (Å²) < 4.78 is 18.8. The van der Waals surface area contributed by atoms with E-state index in [9.17, 15) is 9.18 Å². The molecular weight excluding hydrogens is 359 g/mol. The Morgan fingerprint density at radius 3 is 2.46 bits per heavy atom. The van der Waals surface area contributed by atoms with Gasteiger partial charge in [0.15, 0.2) is 0 Å². The summed E-state index contributed by atoms with van der Waals surface area (Å²) in [4.78, 5) is 20.9. The van der Waals surface area contributed by atoms with E-state index in [1.807, 2.05) is 19.1 Å². The van der Waals surface area contributed by atoms with E-state index < -0.39 is 0 Å². The van der Waals surface area contributed by atoms with Gasteiger partial charge in [-0.15, -0.1) is 0 Å². The van der Waals surface area contributed by atoms with Crippen molar-refractivity contribution < 1.29 is 13.9 Å². The number of amides is 2. The lowest BCUT2D eigenvalue weighted by atomic mass is 10.2. The molecule has 0 radical (unpaired) electrons. The summed E-state index contributed by atoms with van der Waals surface area (Å²) in [6, 6.07) is 9.73. The first-order chi connectivity index (χ1) is 13.4. The zero-order chi connectivity index (χ0) is 20.1. The molecule has 0 spiro atoms. The molecule has 2 aromatic rings. The minimum absolute atomic E-state index is 0.162. The maximum Gasteiger partial charge on any atom is 0.322 e. The van der Waals surface area contributed by atoms with Crippen LogP contribution in [-0.4, -0.2) is 47.8 Å². The van der Waals surface area contributed by atoms with Crippen LogP contribution in [-0.2, 0) is 11.3 Å². The third-order valence-corrected chi connectivity index (χ3v) is 4.70. The molecule has 1 fully saturated rings. The summed E-state index contributed by atoms with van der Waals surface area (Å²) in [7, 11) is 0. The molecule has 2 amide bonds. The summed E-state index contributed by atoms with van der Waals surface area (Å²) in [6.07, 6.45) is 1.99. The lowest BCUT2D eigenvalue weighted by Crippen LogP contribution is -2.45. The van der Waals surface area contributed by atoms with E-state index in [0.29, 0.717) is 18.8 Å². The van der Waals surface area contributed by atoms with Crippen molar-refractivity contribution in [3.05, 3.63) is 54.0 Å². The standard InChI is InChI=1S/C21H27FN4O2/c1-4-25(14-17-5-7-18(22)8-6-17)21(27)24-19-9-10-20(23-11-19)26-12-15(2)28-16(3)13-26/h5-11,15-16H,4,12-14H2,1-3H3,(H,24,27). The maximum atomic E-state index is 13.1. The van der Waals surface area contributed by atoms with Crippen LogP contribution < -0.4 is 10.2 Å². The van der Waals surface area contributed by atoms with Gasteiger partial charge in [-0.05, 0) is 50.6 Å². The molecule has 0 bridgehead atoms. The fraction of sp³-hybridized carbons (Fsp3) is 0.429. The van der Waals surface area contributed by atoms with E-state index in [1.165, 1.54) is 12.1 Å². The number of morpholine rings is 1. The van der Waals surface area contributed by atoms with Crippen LogP contribution in [0.25, 0.3) is 0 Å². The number of carbonyl (C=O) groups is 1. The highest BCUT2D eigenvalue weighted by Crippen LogP contribution is 2.20. The van der Waals surface area contributed by atoms with Crippen molar-refractivity contribution in [1.29, 1.82) is 0 Å². The van der Waals surface area contributed by atoms with Crippen LogP contribution in [0.1, 0.15) is 26.3 Å². The highest BCUT2D eigenvalue weighted by atomic mass is 19.1. The summed E-state index contributed by atoms with van der Waals surface area (Å²) in [5.41, 5.74) is 1.52. The van der Waals surface area contributed by atoms with E-state index in [2.05, 4.69) is 29.0 Å². The molecule has 1 aliphatic rings. The Balaban J connectivity index is 1.60. The van der Waals surface area contributed by atoms with Crippen molar-refractivity contribution in [3.8, 4) is 0 Å². The molecule has 3 rings (SSSR count). The monoisotopic (exact) mass is 386 g/mol. The fourth-order valence-electron chi connectivity index (χ4n) is 3.35. The first-order valence-corrected chi connectivity index (χ1v) is 9.61. The molecule has 1 aromatic heterocycles. The van der Waals surface area contributed by atoms with Gasteiger partial charge in [0.25, 0.3) is 0 Å². The number of nitrogens with one attached hydrogen (secondary N) is 1. The number of pyridine rings is 1.